The standard InChI is InChI=1S/C24H14N4/c1-2-6-15-14(5-1)9-11-25-21(15)19-13-18-16-10-12-26-22-17-7-3-4-8-20(17)28(23(16)22)24(18)27-19/h1-13,27H. The van der Waals surface area contributed by atoms with Crippen LogP contribution in [0.25, 0.3) is 60.5 Å². The van der Waals surface area contributed by atoms with Crippen LogP contribution < -0.4 is 0 Å². The van der Waals surface area contributed by atoms with Crippen LogP contribution in [-0.2, 0) is 0 Å². The Balaban J connectivity index is 1.66. The molecule has 0 bridgehead atoms. The number of hydrogen-bond acceptors (Lipinski definition) is 2. The van der Waals surface area contributed by atoms with Gasteiger partial charge in [0.1, 0.15) is 5.65 Å². The topological polar surface area (TPSA) is 46.0 Å². The van der Waals surface area contributed by atoms with Gasteiger partial charge in [0, 0.05) is 33.9 Å². The average Bonchev–Trinajstić information content (AvgIpc) is 3.40. The normalized spacial score (nSPS) is 12.3. The zero-order chi connectivity index (χ0) is 18.2. The number of aromatic amines is 1. The molecule has 5 heterocycles. The first-order valence-corrected chi connectivity index (χ1v) is 9.36. The number of H-pyrrole nitrogens is 1. The molecule has 7 rings (SSSR count). The summed E-state index contributed by atoms with van der Waals surface area (Å²) in [6, 6.07) is 23.2. The molecule has 0 saturated carbocycles. The van der Waals surface area contributed by atoms with Gasteiger partial charge >= 0.3 is 0 Å². The van der Waals surface area contributed by atoms with Crippen LogP contribution in [-0.4, -0.2) is 19.4 Å². The third kappa shape index (κ3) is 1.61. The van der Waals surface area contributed by atoms with Crippen LogP contribution >= 0.6 is 0 Å². The number of hydrogen-bond donors (Lipinski definition) is 1. The molecule has 0 aliphatic rings. The van der Waals surface area contributed by atoms with Crippen molar-refractivity contribution < 1.29 is 0 Å². The van der Waals surface area contributed by atoms with E-state index in [9.17, 15) is 0 Å². The fourth-order valence-corrected chi connectivity index (χ4v) is 4.60. The molecule has 0 amide bonds. The number of pyridine rings is 2. The maximum Gasteiger partial charge on any atom is 0.123 e. The van der Waals surface area contributed by atoms with Crippen molar-refractivity contribution in [1.82, 2.24) is 19.4 Å². The Morgan fingerprint density at radius 2 is 1.54 bits per heavy atom. The second kappa shape index (κ2) is 4.87. The average molecular weight is 358 g/mol. The first kappa shape index (κ1) is 14.2. The Bertz CT molecular complexity index is 1660. The fourth-order valence-electron chi connectivity index (χ4n) is 4.60. The van der Waals surface area contributed by atoms with Gasteiger partial charge in [0.25, 0.3) is 0 Å². The van der Waals surface area contributed by atoms with Gasteiger partial charge < -0.3 is 4.98 Å². The zero-order valence-corrected chi connectivity index (χ0v) is 14.8. The summed E-state index contributed by atoms with van der Waals surface area (Å²) < 4.78 is 2.30. The van der Waals surface area contributed by atoms with Gasteiger partial charge in [0.05, 0.1) is 27.9 Å². The van der Waals surface area contributed by atoms with Crippen LogP contribution in [0.4, 0.5) is 0 Å². The van der Waals surface area contributed by atoms with E-state index in [-0.39, 0.29) is 0 Å². The fraction of sp³-hybridized carbons (Fsp3) is 0. The van der Waals surface area contributed by atoms with Gasteiger partial charge in [-0.05, 0) is 29.7 Å². The van der Waals surface area contributed by atoms with Crippen molar-refractivity contribution in [2.24, 2.45) is 0 Å². The molecule has 1 N–H and O–H groups in total. The molecule has 4 nitrogen and oxygen atoms in total. The number of nitrogens with one attached hydrogen (secondary N) is 1. The van der Waals surface area contributed by atoms with Gasteiger partial charge in [0.2, 0.25) is 0 Å². The van der Waals surface area contributed by atoms with Gasteiger partial charge in [-0.1, -0.05) is 42.5 Å². The third-order valence-corrected chi connectivity index (χ3v) is 5.79. The number of nitrogens with zero attached hydrogens (tertiary/aromatic N) is 3. The molecule has 4 heteroatoms. The highest BCUT2D eigenvalue weighted by molar-refractivity contribution is 6.22. The van der Waals surface area contributed by atoms with Crippen molar-refractivity contribution >= 4 is 49.1 Å². The highest BCUT2D eigenvalue weighted by atomic mass is 15.0. The Labute approximate surface area is 159 Å². The second-order valence-corrected chi connectivity index (χ2v) is 7.23. The molecule has 0 fully saturated rings. The minimum atomic E-state index is 0.982. The molecule has 0 aliphatic heterocycles. The Kier molecular flexibility index (Phi) is 2.46. The number of benzene rings is 2. The Morgan fingerprint density at radius 1 is 0.714 bits per heavy atom. The minimum Gasteiger partial charge on any atom is -0.339 e. The van der Waals surface area contributed by atoms with Crippen LogP contribution in [0, 0.1) is 0 Å². The predicted octanol–water partition coefficient (Wildman–Crippen LogP) is 5.78. The summed E-state index contributed by atoms with van der Waals surface area (Å²) in [6.45, 7) is 0. The smallest absolute Gasteiger partial charge is 0.123 e. The van der Waals surface area contributed by atoms with Crippen LogP contribution in [0.3, 0.4) is 0 Å². The monoisotopic (exact) mass is 358 g/mol. The van der Waals surface area contributed by atoms with E-state index in [1.54, 1.807) is 0 Å². The quantitative estimate of drug-likeness (QED) is 0.405. The van der Waals surface area contributed by atoms with Gasteiger partial charge in [0.15, 0.2) is 0 Å². The van der Waals surface area contributed by atoms with Crippen molar-refractivity contribution in [3.63, 3.8) is 0 Å². The second-order valence-electron chi connectivity index (χ2n) is 7.23. The number of rotatable bonds is 1. The lowest BCUT2D eigenvalue weighted by Gasteiger charge is -2.03. The molecule has 28 heavy (non-hydrogen) atoms. The lowest BCUT2D eigenvalue weighted by Crippen LogP contribution is -1.87. The van der Waals surface area contributed by atoms with E-state index in [0.29, 0.717) is 0 Å². The summed E-state index contributed by atoms with van der Waals surface area (Å²) in [7, 11) is 0. The summed E-state index contributed by atoms with van der Waals surface area (Å²) in [4.78, 5) is 13.0. The lowest BCUT2D eigenvalue weighted by atomic mass is 10.1. The molecular weight excluding hydrogens is 344 g/mol. The van der Waals surface area contributed by atoms with E-state index in [1.165, 1.54) is 32.6 Å². The predicted molar refractivity (Wildman–Crippen MR) is 114 cm³/mol. The SMILES string of the molecule is c1ccc2c(-c3cc4c5ccnc6c7ccccc7n(c4[nH]3)c56)nccc2c1. The maximum atomic E-state index is 4.69. The van der Waals surface area contributed by atoms with E-state index in [2.05, 4.69) is 81.1 Å². The molecule has 130 valence electrons. The summed E-state index contributed by atoms with van der Waals surface area (Å²) in [6.07, 6.45) is 3.79. The molecule has 0 radical (unpaired) electrons. The van der Waals surface area contributed by atoms with Crippen molar-refractivity contribution in [2.75, 3.05) is 0 Å². The van der Waals surface area contributed by atoms with Crippen LogP contribution in [0.2, 0.25) is 0 Å². The van der Waals surface area contributed by atoms with Crippen LogP contribution in [0.1, 0.15) is 0 Å². The molecule has 0 saturated heterocycles. The molecule has 7 aromatic rings. The van der Waals surface area contributed by atoms with Crippen molar-refractivity contribution in [3.8, 4) is 11.4 Å². The molecule has 0 aliphatic carbocycles. The van der Waals surface area contributed by atoms with E-state index >= 15 is 0 Å². The minimum absolute atomic E-state index is 0.982. The van der Waals surface area contributed by atoms with Crippen molar-refractivity contribution in [3.05, 3.63) is 79.1 Å². The summed E-state index contributed by atoms with van der Waals surface area (Å²) in [5.41, 5.74) is 6.53. The summed E-state index contributed by atoms with van der Waals surface area (Å²) >= 11 is 0. The van der Waals surface area contributed by atoms with Crippen LogP contribution in [0.5, 0.6) is 0 Å². The number of aromatic nitrogens is 4. The summed E-state index contributed by atoms with van der Waals surface area (Å²) in [5, 5.41) is 5.96. The van der Waals surface area contributed by atoms with Gasteiger partial charge in [-0.2, -0.15) is 0 Å². The zero-order valence-electron chi connectivity index (χ0n) is 14.8. The van der Waals surface area contributed by atoms with E-state index in [0.717, 1.165) is 27.9 Å². The van der Waals surface area contributed by atoms with Crippen LogP contribution in [0.15, 0.2) is 79.1 Å². The lowest BCUT2D eigenvalue weighted by molar-refractivity contribution is 1.26. The molecule has 0 spiro atoms. The molecule has 0 unspecified atom stereocenters. The van der Waals surface area contributed by atoms with Crippen molar-refractivity contribution in [2.45, 2.75) is 0 Å². The molecular formula is C24H14N4. The number of para-hydroxylation sites is 1. The molecule has 5 aromatic heterocycles. The summed E-state index contributed by atoms with van der Waals surface area (Å²) in [5.74, 6) is 0. The highest BCUT2D eigenvalue weighted by Crippen LogP contribution is 2.39. The third-order valence-electron chi connectivity index (χ3n) is 5.79. The Hall–Kier alpha value is -3.92. The first-order valence-electron chi connectivity index (χ1n) is 9.36. The highest BCUT2D eigenvalue weighted by Gasteiger charge is 2.20. The van der Waals surface area contributed by atoms with Gasteiger partial charge in [-0.3, -0.25) is 14.4 Å². The van der Waals surface area contributed by atoms with E-state index < -0.39 is 0 Å². The maximum absolute atomic E-state index is 4.69. The van der Waals surface area contributed by atoms with Gasteiger partial charge in [-0.15, -0.1) is 0 Å². The largest absolute Gasteiger partial charge is 0.339 e. The molecule has 2 aromatic carbocycles. The first-order chi connectivity index (χ1) is 13.9. The van der Waals surface area contributed by atoms with Crippen molar-refractivity contribution in [1.29, 1.82) is 0 Å². The van der Waals surface area contributed by atoms with E-state index in [4.69, 9.17) is 4.98 Å². The van der Waals surface area contributed by atoms with E-state index in [1.807, 2.05) is 12.4 Å². The Morgan fingerprint density at radius 3 is 2.50 bits per heavy atom. The van der Waals surface area contributed by atoms with Gasteiger partial charge in [-0.25, -0.2) is 0 Å². The molecule has 0 atom stereocenters. The number of fused-ring (bicyclic) bond motifs is 7.